The molecule has 0 aliphatic carbocycles. The van der Waals surface area contributed by atoms with E-state index in [9.17, 15) is 0 Å². The predicted molar refractivity (Wildman–Crippen MR) is 195 cm³/mol. The molecule has 0 saturated carbocycles. The van der Waals surface area contributed by atoms with E-state index in [-0.39, 0.29) is 0 Å². The van der Waals surface area contributed by atoms with E-state index in [2.05, 4.69) is 148 Å². The van der Waals surface area contributed by atoms with Crippen LogP contribution in [0, 0.1) is 0 Å². The quantitative estimate of drug-likeness (QED) is 0.213. The Hall–Kier alpha value is -6.26. The number of hydrogen-bond donors (Lipinski definition) is 1. The van der Waals surface area contributed by atoms with Crippen LogP contribution < -0.4 is 5.32 Å². The molecule has 4 heteroatoms. The highest BCUT2D eigenvalue weighted by atomic mass is 15.0. The van der Waals surface area contributed by atoms with E-state index in [0.29, 0.717) is 0 Å². The minimum absolute atomic E-state index is 0.864. The van der Waals surface area contributed by atoms with Crippen molar-refractivity contribution in [3.05, 3.63) is 170 Å². The van der Waals surface area contributed by atoms with Crippen LogP contribution in [0.5, 0.6) is 0 Å². The third-order valence-electron chi connectivity index (χ3n) is 9.07. The lowest BCUT2D eigenvalue weighted by Crippen LogP contribution is -2.14. The second-order valence-corrected chi connectivity index (χ2v) is 11.9. The van der Waals surface area contributed by atoms with Gasteiger partial charge in [-0.3, -0.25) is 4.98 Å². The number of allylic oxidation sites excluding steroid dienone is 2. The molecule has 8 aromatic rings. The van der Waals surface area contributed by atoms with Gasteiger partial charge in [0.1, 0.15) is 0 Å². The molecule has 4 nitrogen and oxygen atoms in total. The summed E-state index contributed by atoms with van der Waals surface area (Å²) in [5.74, 6) is 0. The van der Waals surface area contributed by atoms with E-state index < -0.39 is 0 Å². The van der Waals surface area contributed by atoms with Crippen LogP contribution in [-0.2, 0) is 0 Å². The molecule has 0 amide bonds. The number of dihydropyridines is 1. The Morgan fingerprint density at radius 1 is 0.553 bits per heavy atom. The molecule has 0 unspecified atom stereocenters. The van der Waals surface area contributed by atoms with Gasteiger partial charge in [-0.15, -0.1) is 0 Å². The van der Waals surface area contributed by atoms with Crippen LogP contribution in [0.15, 0.2) is 164 Å². The molecule has 0 saturated heterocycles. The molecule has 0 radical (unpaired) electrons. The van der Waals surface area contributed by atoms with Crippen molar-refractivity contribution < 1.29 is 0 Å². The summed E-state index contributed by atoms with van der Waals surface area (Å²) < 4.78 is 2.41. The normalized spacial score (nSPS) is 12.8. The molecule has 1 aliphatic heterocycles. The molecule has 222 valence electrons. The predicted octanol–water partition coefficient (Wildman–Crippen LogP) is 10.2. The fourth-order valence-electron chi connectivity index (χ4n) is 6.77. The molecule has 47 heavy (non-hydrogen) atoms. The first-order chi connectivity index (χ1) is 23.3. The van der Waals surface area contributed by atoms with Crippen molar-refractivity contribution >= 4 is 38.3 Å². The van der Waals surface area contributed by atoms with Gasteiger partial charge in [-0.2, -0.15) is 0 Å². The Morgan fingerprint density at radius 2 is 1.30 bits per heavy atom. The van der Waals surface area contributed by atoms with Gasteiger partial charge in [0.05, 0.1) is 28.1 Å². The molecule has 0 spiro atoms. The molecule has 9 rings (SSSR count). The number of pyridine rings is 2. The van der Waals surface area contributed by atoms with Gasteiger partial charge in [0.15, 0.2) is 0 Å². The summed E-state index contributed by atoms with van der Waals surface area (Å²) in [7, 11) is 0. The van der Waals surface area contributed by atoms with Crippen LogP contribution in [-0.4, -0.2) is 21.1 Å². The van der Waals surface area contributed by atoms with Crippen LogP contribution >= 0.6 is 0 Å². The van der Waals surface area contributed by atoms with Gasteiger partial charge in [-0.1, -0.05) is 103 Å². The molecule has 0 bridgehead atoms. The number of nitrogens with zero attached hydrogens (tertiary/aromatic N) is 3. The number of fused-ring (bicyclic) bond motifs is 5. The smallest absolute Gasteiger partial charge is 0.0893 e. The first kappa shape index (κ1) is 27.1. The lowest BCUT2D eigenvalue weighted by atomic mass is 9.98. The van der Waals surface area contributed by atoms with Crippen molar-refractivity contribution in [3.63, 3.8) is 0 Å². The molecule has 4 heterocycles. The van der Waals surface area contributed by atoms with E-state index in [4.69, 9.17) is 4.98 Å². The molecule has 1 N–H and O–H groups in total. The van der Waals surface area contributed by atoms with Gasteiger partial charge in [0.25, 0.3) is 0 Å². The zero-order valence-corrected chi connectivity index (χ0v) is 25.6. The molecular formula is C43H30N4. The van der Waals surface area contributed by atoms with Crippen molar-refractivity contribution in [2.24, 2.45) is 0 Å². The number of aromatic nitrogens is 3. The fourth-order valence-corrected chi connectivity index (χ4v) is 6.77. The molecular weight excluding hydrogens is 573 g/mol. The van der Waals surface area contributed by atoms with E-state index in [1.54, 1.807) is 0 Å². The first-order valence-corrected chi connectivity index (χ1v) is 16.0. The van der Waals surface area contributed by atoms with Gasteiger partial charge >= 0.3 is 0 Å². The Balaban J connectivity index is 1.19. The summed E-state index contributed by atoms with van der Waals surface area (Å²) >= 11 is 0. The molecule has 1 aliphatic rings. The summed E-state index contributed by atoms with van der Waals surface area (Å²) in [6.45, 7) is 0.865. The number of nitrogens with one attached hydrogen (secondary N) is 1. The largest absolute Gasteiger partial charge is 0.381 e. The number of rotatable bonds is 5. The number of benzene rings is 5. The minimum Gasteiger partial charge on any atom is -0.381 e. The van der Waals surface area contributed by atoms with Crippen LogP contribution in [0.4, 0.5) is 0 Å². The van der Waals surface area contributed by atoms with Crippen molar-refractivity contribution in [2.75, 3.05) is 6.54 Å². The van der Waals surface area contributed by atoms with Gasteiger partial charge in [-0.25, -0.2) is 4.98 Å². The van der Waals surface area contributed by atoms with Crippen LogP contribution in [0.2, 0.25) is 0 Å². The van der Waals surface area contributed by atoms with E-state index in [0.717, 1.165) is 46.1 Å². The van der Waals surface area contributed by atoms with Gasteiger partial charge < -0.3 is 9.88 Å². The SMILES string of the molecule is C1=CCNC(c2ccc(-c3ccc4c(ccc5c6ccc(-c7cccc(-c8ccccn8)n7)cc6n(-c6ccccc6)c45)c3)cc2)=C1. The average Bonchev–Trinajstić information content (AvgIpc) is 3.50. The lowest BCUT2D eigenvalue weighted by Gasteiger charge is -2.13. The number of hydrogen-bond acceptors (Lipinski definition) is 3. The summed E-state index contributed by atoms with van der Waals surface area (Å²) in [5.41, 5.74) is 12.0. The number of para-hydroxylation sites is 1. The monoisotopic (exact) mass is 602 g/mol. The Morgan fingerprint density at radius 3 is 2.13 bits per heavy atom. The summed E-state index contributed by atoms with van der Waals surface area (Å²) in [4.78, 5) is 9.54. The summed E-state index contributed by atoms with van der Waals surface area (Å²) in [6, 6.07) is 49.7. The van der Waals surface area contributed by atoms with Crippen molar-refractivity contribution in [2.45, 2.75) is 0 Å². The van der Waals surface area contributed by atoms with Gasteiger partial charge in [0, 0.05) is 45.8 Å². The Kier molecular flexibility index (Phi) is 6.50. The average molecular weight is 603 g/mol. The Labute approximate surface area is 273 Å². The van der Waals surface area contributed by atoms with Crippen molar-refractivity contribution in [3.8, 4) is 39.5 Å². The van der Waals surface area contributed by atoms with Crippen LogP contribution in [0.25, 0.3) is 77.7 Å². The van der Waals surface area contributed by atoms with Crippen LogP contribution in [0.1, 0.15) is 5.56 Å². The highest BCUT2D eigenvalue weighted by molar-refractivity contribution is 6.19. The summed E-state index contributed by atoms with van der Waals surface area (Å²) in [5, 5.41) is 8.34. The maximum atomic E-state index is 5.02. The highest BCUT2D eigenvalue weighted by Gasteiger charge is 2.17. The lowest BCUT2D eigenvalue weighted by molar-refractivity contribution is 0.996. The molecule has 5 aromatic carbocycles. The van der Waals surface area contributed by atoms with Crippen molar-refractivity contribution in [1.82, 2.24) is 19.9 Å². The second kappa shape index (κ2) is 11.3. The Bertz CT molecular complexity index is 2490. The molecule has 3 aromatic heterocycles. The third-order valence-corrected chi connectivity index (χ3v) is 9.07. The zero-order chi connectivity index (χ0) is 31.2. The molecule has 0 fully saturated rings. The topological polar surface area (TPSA) is 42.7 Å². The van der Waals surface area contributed by atoms with Gasteiger partial charge in [0.2, 0.25) is 0 Å². The fraction of sp³-hybridized carbons (Fsp3) is 0.0233. The van der Waals surface area contributed by atoms with Crippen LogP contribution in [0.3, 0.4) is 0 Å². The van der Waals surface area contributed by atoms with Gasteiger partial charge in [-0.05, 0) is 76.7 Å². The van der Waals surface area contributed by atoms with E-state index in [1.165, 1.54) is 43.8 Å². The standard InChI is InChI=1S/C43H30N4/c1-2-9-34(10-3-1)47-42-28-33(39-13-8-14-41(46-39)40-12-5-7-26-45-40)21-23-36(42)37-24-20-32-27-31(19-22-35(32)43(37)47)29-15-17-30(18-16-29)38-11-4-6-25-44-38/h1-24,26-28,44H,25H2. The summed E-state index contributed by atoms with van der Waals surface area (Å²) in [6.07, 6.45) is 8.17. The highest BCUT2D eigenvalue weighted by Crippen LogP contribution is 2.39. The van der Waals surface area contributed by atoms with E-state index in [1.807, 2.05) is 30.5 Å². The maximum absolute atomic E-state index is 5.02. The van der Waals surface area contributed by atoms with E-state index >= 15 is 0 Å². The third kappa shape index (κ3) is 4.79. The minimum atomic E-state index is 0.864. The second-order valence-electron chi connectivity index (χ2n) is 11.9. The first-order valence-electron chi connectivity index (χ1n) is 16.0. The zero-order valence-electron chi connectivity index (χ0n) is 25.6. The van der Waals surface area contributed by atoms with Crippen molar-refractivity contribution in [1.29, 1.82) is 0 Å². The molecule has 0 atom stereocenters. The maximum Gasteiger partial charge on any atom is 0.0893 e.